The van der Waals surface area contributed by atoms with Gasteiger partial charge in [0, 0.05) is 0 Å². The number of esters is 1. The van der Waals surface area contributed by atoms with Crippen molar-refractivity contribution < 1.29 is 14.3 Å². The third-order valence-electron chi connectivity index (χ3n) is 0.699. The second-order valence-corrected chi connectivity index (χ2v) is 1.68. The van der Waals surface area contributed by atoms with Crippen LogP contribution in [0.25, 0.3) is 0 Å². The second-order valence-electron chi connectivity index (χ2n) is 1.68. The number of hydrogen-bond acceptors (Lipinski definition) is 3. The molecule has 0 unspecified atom stereocenters. The van der Waals surface area contributed by atoms with Gasteiger partial charge in [-0.25, -0.2) is 0 Å². The second kappa shape index (κ2) is 4.06. The number of rotatable bonds is 3. The summed E-state index contributed by atoms with van der Waals surface area (Å²) in [6.07, 6.45) is -0.103. The molecule has 0 rings (SSSR count). The maximum absolute atomic E-state index is 10.4. The lowest BCUT2D eigenvalue weighted by atomic mass is 10.5. The molecule has 0 heterocycles. The van der Waals surface area contributed by atoms with Crippen molar-refractivity contribution in [2.24, 2.45) is 0 Å². The first-order valence-electron chi connectivity index (χ1n) is 2.82. The highest BCUT2D eigenvalue weighted by Crippen LogP contribution is 1.86. The third kappa shape index (κ3) is 5.00. The first kappa shape index (κ1) is 8.14. The van der Waals surface area contributed by atoms with Gasteiger partial charge in [0.15, 0.2) is 0 Å². The van der Waals surface area contributed by atoms with E-state index in [4.69, 9.17) is 0 Å². The van der Waals surface area contributed by atoms with E-state index in [1.54, 1.807) is 6.92 Å². The zero-order valence-electron chi connectivity index (χ0n) is 5.64. The highest BCUT2D eigenvalue weighted by molar-refractivity contribution is 5.94. The maximum atomic E-state index is 10.4. The minimum atomic E-state index is -0.440. The number of ether oxygens (including phenoxy) is 1. The Morgan fingerprint density at radius 3 is 2.33 bits per heavy atom. The van der Waals surface area contributed by atoms with Crippen LogP contribution >= 0.6 is 0 Å². The van der Waals surface area contributed by atoms with E-state index < -0.39 is 5.97 Å². The average molecular weight is 131 g/mol. The SMILES string of the molecule is CCOC(=O)C[13C](C)=O. The zero-order chi connectivity index (χ0) is 7.28. The van der Waals surface area contributed by atoms with Crippen molar-refractivity contribution in [2.45, 2.75) is 20.3 Å². The Morgan fingerprint density at radius 2 is 2.00 bits per heavy atom. The van der Waals surface area contributed by atoms with E-state index >= 15 is 0 Å². The predicted molar refractivity (Wildman–Crippen MR) is 31.9 cm³/mol. The van der Waals surface area contributed by atoms with Gasteiger partial charge in [0.1, 0.15) is 12.2 Å². The fourth-order valence-electron chi connectivity index (χ4n) is 0.415. The number of Topliss-reactive ketones (excluding diaryl/α,β-unsaturated/α-hetero) is 1. The summed E-state index contributed by atoms with van der Waals surface area (Å²) in [7, 11) is 0. The molecule has 9 heavy (non-hydrogen) atoms. The lowest BCUT2D eigenvalue weighted by Gasteiger charge is -1.96. The van der Waals surface area contributed by atoms with Gasteiger partial charge in [-0.05, 0) is 13.8 Å². The molecular formula is C6H10O3. The Balaban J connectivity index is 3.39. The van der Waals surface area contributed by atoms with Crippen LogP contribution in [-0.2, 0) is 14.3 Å². The van der Waals surface area contributed by atoms with Crippen LogP contribution in [0.15, 0.2) is 0 Å². The Kier molecular flexibility index (Phi) is 3.67. The van der Waals surface area contributed by atoms with Crippen LogP contribution in [0.4, 0.5) is 0 Å². The van der Waals surface area contributed by atoms with Gasteiger partial charge < -0.3 is 4.74 Å². The summed E-state index contributed by atoms with van der Waals surface area (Å²) in [5.74, 6) is -0.599. The number of hydrogen-bond donors (Lipinski definition) is 0. The van der Waals surface area contributed by atoms with E-state index in [1.165, 1.54) is 6.92 Å². The Labute approximate surface area is 54.0 Å². The molecule has 0 amide bonds. The summed E-state index contributed by atoms with van der Waals surface area (Å²) < 4.78 is 4.49. The van der Waals surface area contributed by atoms with Crippen LogP contribution in [0.2, 0.25) is 0 Å². The molecule has 0 aliphatic heterocycles. The first-order chi connectivity index (χ1) is 4.16. The van der Waals surface area contributed by atoms with Gasteiger partial charge in [-0.2, -0.15) is 0 Å². The standard InChI is InChI=1S/C6H10O3/c1-3-9-6(8)4-5(2)7/h3-4H2,1-2H3/i5+1. The molecule has 0 bridgehead atoms. The molecule has 0 spiro atoms. The molecule has 0 saturated carbocycles. The molecule has 3 nitrogen and oxygen atoms in total. The van der Waals surface area contributed by atoms with Gasteiger partial charge in [0.05, 0.1) is 6.61 Å². The molecule has 0 aliphatic carbocycles. The van der Waals surface area contributed by atoms with Crippen LogP contribution in [-0.4, -0.2) is 18.4 Å². The summed E-state index contributed by atoms with van der Waals surface area (Å²) >= 11 is 0. The third-order valence-corrected chi connectivity index (χ3v) is 0.699. The lowest BCUT2D eigenvalue weighted by molar-refractivity contribution is -0.145. The van der Waals surface area contributed by atoms with E-state index in [1.807, 2.05) is 0 Å². The van der Waals surface area contributed by atoms with Gasteiger partial charge in [0.25, 0.3) is 0 Å². The molecule has 3 heteroatoms. The van der Waals surface area contributed by atoms with Crippen molar-refractivity contribution in [3.8, 4) is 0 Å². The number of carbonyl (C=O) groups excluding carboxylic acids is 2. The van der Waals surface area contributed by atoms with Gasteiger partial charge in [-0.3, -0.25) is 9.59 Å². The van der Waals surface area contributed by atoms with Gasteiger partial charge >= 0.3 is 5.97 Å². The molecule has 0 atom stereocenters. The van der Waals surface area contributed by atoms with E-state index in [0.717, 1.165) is 0 Å². The summed E-state index contributed by atoms with van der Waals surface area (Å²) in [5.41, 5.74) is 0. The van der Waals surface area contributed by atoms with Crippen molar-refractivity contribution in [1.29, 1.82) is 0 Å². The first-order valence-corrected chi connectivity index (χ1v) is 2.82. The minimum Gasteiger partial charge on any atom is -0.466 e. The van der Waals surface area contributed by atoms with Crippen LogP contribution < -0.4 is 0 Å². The number of ketones is 1. The van der Waals surface area contributed by atoms with Gasteiger partial charge in [0.2, 0.25) is 0 Å². The molecule has 0 aromatic carbocycles. The lowest BCUT2D eigenvalue weighted by Crippen LogP contribution is -2.07. The van der Waals surface area contributed by atoms with E-state index in [-0.39, 0.29) is 12.2 Å². The van der Waals surface area contributed by atoms with Crippen molar-refractivity contribution in [1.82, 2.24) is 0 Å². The molecule has 52 valence electrons. The van der Waals surface area contributed by atoms with Gasteiger partial charge in [-0.15, -0.1) is 0 Å². The van der Waals surface area contributed by atoms with E-state index in [0.29, 0.717) is 6.61 Å². The van der Waals surface area contributed by atoms with Crippen molar-refractivity contribution >= 4 is 11.8 Å². The molecular weight excluding hydrogens is 121 g/mol. The smallest absolute Gasteiger partial charge is 0.313 e. The molecule has 0 aromatic heterocycles. The molecule has 0 saturated heterocycles. The summed E-state index contributed by atoms with van der Waals surface area (Å²) in [6.45, 7) is 3.40. The largest absolute Gasteiger partial charge is 0.466 e. The molecule has 0 aliphatic rings. The topological polar surface area (TPSA) is 43.4 Å². The minimum absolute atomic E-state index is 0.103. The molecule has 0 radical (unpaired) electrons. The van der Waals surface area contributed by atoms with Crippen LogP contribution in [0.1, 0.15) is 20.3 Å². The van der Waals surface area contributed by atoms with Crippen molar-refractivity contribution in [2.75, 3.05) is 6.61 Å². The molecule has 0 aromatic rings. The van der Waals surface area contributed by atoms with Crippen molar-refractivity contribution in [3.63, 3.8) is 0 Å². The predicted octanol–water partition coefficient (Wildman–Crippen LogP) is 0.529. The zero-order valence-corrected chi connectivity index (χ0v) is 5.64. The fraction of sp³-hybridized carbons (Fsp3) is 0.667. The maximum Gasteiger partial charge on any atom is 0.313 e. The summed E-state index contributed by atoms with van der Waals surface area (Å²) in [4.78, 5) is 20.6. The highest BCUT2D eigenvalue weighted by Gasteiger charge is 2.03. The Bertz CT molecular complexity index is 117. The summed E-state index contributed by atoms with van der Waals surface area (Å²) in [6, 6.07) is 0. The Hall–Kier alpha value is -0.860. The quantitative estimate of drug-likeness (QED) is 0.319. The van der Waals surface area contributed by atoms with Crippen molar-refractivity contribution in [3.05, 3.63) is 0 Å². The fourth-order valence-corrected chi connectivity index (χ4v) is 0.415. The van der Waals surface area contributed by atoms with E-state index in [2.05, 4.69) is 4.74 Å². The molecule has 0 fully saturated rings. The monoisotopic (exact) mass is 131 g/mol. The average Bonchev–Trinajstić information content (AvgIpc) is 1.63. The highest BCUT2D eigenvalue weighted by atomic mass is 16.5. The molecule has 0 N–H and O–H groups in total. The number of carbonyl (C=O) groups is 2. The summed E-state index contributed by atoms with van der Waals surface area (Å²) in [5, 5.41) is 0. The van der Waals surface area contributed by atoms with Crippen LogP contribution in [0.3, 0.4) is 0 Å². The van der Waals surface area contributed by atoms with Gasteiger partial charge in [-0.1, -0.05) is 0 Å². The van der Waals surface area contributed by atoms with Crippen LogP contribution in [0, 0.1) is 0 Å². The van der Waals surface area contributed by atoms with Crippen LogP contribution in [0.5, 0.6) is 0 Å². The Morgan fingerprint density at radius 1 is 1.44 bits per heavy atom. The van der Waals surface area contributed by atoms with E-state index in [9.17, 15) is 9.59 Å². The normalized spacial score (nSPS) is 8.67.